The van der Waals surface area contributed by atoms with Crippen LogP contribution in [0.2, 0.25) is 0 Å². The molecule has 0 unspecified atom stereocenters. The molecule has 0 saturated heterocycles. The van der Waals surface area contributed by atoms with Gasteiger partial charge in [-0.05, 0) is 44.4 Å². The van der Waals surface area contributed by atoms with Crippen LogP contribution in [0, 0.1) is 18.8 Å². The van der Waals surface area contributed by atoms with Gasteiger partial charge in [-0.25, -0.2) is 13.1 Å². The summed E-state index contributed by atoms with van der Waals surface area (Å²) in [4.78, 5) is 0.140. The minimum absolute atomic E-state index is 0.0813. The summed E-state index contributed by atoms with van der Waals surface area (Å²) >= 11 is 0. The normalized spacial score (nSPS) is 20.2. The second-order valence-corrected chi connectivity index (χ2v) is 7.40. The summed E-state index contributed by atoms with van der Waals surface area (Å²) in [6, 6.07) is 0.0870. The van der Waals surface area contributed by atoms with Crippen LogP contribution in [0.25, 0.3) is 0 Å². The molecule has 1 aromatic heterocycles. The third kappa shape index (κ3) is 2.36. The summed E-state index contributed by atoms with van der Waals surface area (Å²) in [6.07, 6.45) is 4.52. The number of aromatic nitrogens is 2. The van der Waals surface area contributed by atoms with Crippen LogP contribution in [0.3, 0.4) is 0 Å². The smallest absolute Gasteiger partial charge is 0.246 e. The molecule has 2 fully saturated rings. The molecule has 0 aliphatic heterocycles. The van der Waals surface area contributed by atoms with Crippen LogP contribution >= 0.6 is 0 Å². The Bertz CT molecular complexity index is 587. The van der Waals surface area contributed by atoms with E-state index < -0.39 is 10.0 Å². The van der Waals surface area contributed by atoms with Crippen LogP contribution in [-0.2, 0) is 17.1 Å². The summed E-state index contributed by atoms with van der Waals surface area (Å²) in [5.41, 5.74) is 6.32. The molecule has 3 rings (SSSR count). The molecule has 2 aliphatic rings. The molecule has 0 spiro atoms. The van der Waals surface area contributed by atoms with E-state index in [0.717, 1.165) is 25.7 Å². The number of aryl methyl sites for hydroxylation is 1. The first kappa shape index (κ1) is 12.9. The number of hydrogen-bond donors (Lipinski definition) is 2. The van der Waals surface area contributed by atoms with Crippen LogP contribution in [-0.4, -0.2) is 24.2 Å². The first-order valence-corrected chi connectivity index (χ1v) is 8.20. The molecule has 0 bridgehead atoms. The van der Waals surface area contributed by atoms with Crippen LogP contribution in [0.1, 0.15) is 31.4 Å². The zero-order chi connectivity index (χ0) is 13.8. The van der Waals surface area contributed by atoms with Gasteiger partial charge in [0.25, 0.3) is 0 Å². The summed E-state index contributed by atoms with van der Waals surface area (Å²) in [5.74, 6) is 1.11. The van der Waals surface area contributed by atoms with Gasteiger partial charge in [0.05, 0.1) is 5.69 Å². The first-order chi connectivity index (χ1) is 8.90. The Labute approximate surface area is 113 Å². The van der Waals surface area contributed by atoms with Crippen molar-refractivity contribution in [1.82, 2.24) is 14.5 Å². The van der Waals surface area contributed by atoms with Crippen molar-refractivity contribution < 1.29 is 8.42 Å². The zero-order valence-corrected chi connectivity index (χ0v) is 12.1. The highest BCUT2D eigenvalue weighted by Gasteiger charge is 2.44. The molecule has 6 nitrogen and oxygen atoms in total. The van der Waals surface area contributed by atoms with Crippen molar-refractivity contribution in [3.05, 3.63) is 5.69 Å². The van der Waals surface area contributed by atoms with E-state index in [1.807, 2.05) is 0 Å². The van der Waals surface area contributed by atoms with E-state index in [1.54, 1.807) is 14.0 Å². The van der Waals surface area contributed by atoms with Gasteiger partial charge >= 0.3 is 0 Å². The lowest BCUT2D eigenvalue weighted by Gasteiger charge is -2.17. The lowest BCUT2D eigenvalue weighted by molar-refractivity contribution is 0.471. The van der Waals surface area contributed by atoms with E-state index in [-0.39, 0.29) is 16.8 Å². The Balaban J connectivity index is 1.89. The number of rotatable bonds is 5. The minimum atomic E-state index is -3.57. The van der Waals surface area contributed by atoms with Crippen molar-refractivity contribution in [2.75, 3.05) is 5.73 Å². The average molecular weight is 284 g/mol. The first-order valence-electron chi connectivity index (χ1n) is 6.71. The van der Waals surface area contributed by atoms with E-state index in [0.29, 0.717) is 17.5 Å². The summed E-state index contributed by atoms with van der Waals surface area (Å²) in [7, 11) is -1.87. The maximum absolute atomic E-state index is 12.5. The number of nitrogens with zero attached hydrogens (tertiary/aromatic N) is 2. The van der Waals surface area contributed by atoms with Crippen LogP contribution < -0.4 is 10.5 Å². The molecule has 19 heavy (non-hydrogen) atoms. The quantitative estimate of drug-likeness (QED) is 0.836. The molecule has 0 radical (unpaired) electrons. The summed E-state index contributed by atoms with van der Waals surface area (Å²) in [6.45, 7) is 1.72. The predicted octanol–water partition coefficient (Wildman–Crippen LogP) is 0.778. The van der Waals surface area contributed by atoms with Crippen LogP contribution in [0.4, 0.5) is 5.82 Å². The molecule has 1 heterocycles. The second-order valence-electron chi connectivity index (χ2n) is 5.75. The largest absolute Gasteiger partial charge is 0.381 e. The number of nitrogens with two attached hydrogens (primary N) is 1. The Morgan fingerprint density at radius 3 is 2.21 bits per heavy atom. The zero-order valence-electron chi connectivity index (χ0n) is 11.3. The van der Waals surface area contributed by atoms with Gasteiger partial charge in [0.2, 0.25) is 10.0 Å². The molecule has 0 atom stereocenters. The van der Waals surface area contributed by atoms with Gasteiger partial charge in [-0.15, -0.1) is 0 Å². The highest BCUT2D eigenvalue weighted by Crippen LogP contribution is 2.45. The second kappa shape index (κ2) is 4.21. The fourth-order valence-corrected chi connectivity index (χ4v) is 4.37. The SMILES string of the molecule is Cc1c(S(=O)(=O)NC(C2CC2)C2CC2)c(N)nn1C. The fraction of sp³-hybridized carbons (Fsp3) is 0.750. The van der Waals surface area contributed by atoms with E-state index in [4.69, 9.17) is 5.73 Å². The minimum Gasteiger partial charge on any atom is -0.381 e. The van der Waals surface area contributed by atoms with E-state index in [1.165, 1.54) is 4.68 Å². The van der Waals surface area contributed by atoms with Gasteiger partial charge in [-0.2, -0.15) is 5.10 Å². The van der Waals surface area contributed by atoms with Gasteiger partial charge in [-0.3, -0.25) is 4.68 Å². The highest BCUT2D eigenvalue weighted by molar-refractivity contribution is 7.89. The lowest BCUT2D eigenvalue weighted by Crippen LogP contribution is -2.38. The van der Waals surface area contributed by atoms with Gasteiger partial charge in [0, 0.05) is 13.1 Å². The molecule has 0 amide bonds. The van der Waals surface area contributed by atoms with E-state index in [2.05, 4.69) is 9.82 Å². The van der Waals surface area contributed by atoms with Crippen molar-refractivity contribution in [3.63, 3.8) is 0 Å². The fourth-order valence-electron chi connectivity index (χ4n) is 2.67. The average Bonchev–Trinajstić information content (AvgIpc) is 3.18. The van der Waals surface area contributed by atoms with E-state index >= 15 is 0 Å². The molecular formula is C12H20N4O2S. The molecule has 1 aromatic rings. The molecule has 7 heteroatoms. The van der Waals surface area contributed by atoms with Crippen molar-refractivity contribution in [1.29, 1.82) is 0 Å². The third-order valence-electron chi connectivity index (χ3n) is 4.12. The third-order valence-corrected chi connectivity index (χ3v) is 5.75. The topological polar surface area (TPSA) is 90.0 Å². The maximum atomic E-state index is 12.5. The van der Waals surface area contributed by atoms with Crippen LogP contribution in [0.15, 0.2) is 4.90 Å². The number of hydrogen-bond acceptors (Lipinski definition) is 4. The number of sulfonamides is 1. The van der Waals surface area contributed by atoms with Gasteiger partial charge in [-0.1, -0.05) is 0 Å². The molecule has 2 aliphatic carbocycles. The predicted molar refractivity (Wildman–Crippen MR) is 71.9 cm³/mol. The van der Waals surface area contributed by atoms with Crippen molar-refractivity contribution in [2.45, 2.75) is 43.5 Å². The van der Waals surface area contributed by atoms with E-state index in [9.17, 15) is 8.42 Å². The molecule has 106 valence electrons. The van der Waals surface area contributed by atoms with Crippen LogP contribution in [0.5, 0.6) is 0 Å². The highest BCUT2D eigenvalue weighted by atomic mass is 32.2. The molecular weight excluding hydrogens is 264 g/mol. The Hall–Kier alpha value is -1.08. The number of nitrogens with one attached hydrogen (secondary N) is 1. The standard InChI is InChI=1S/C12H20N4O2S/c1-7-11(12(13)14-16(7)2)19(17,18)15-10(8-3-4-8)9-5-6-9/h8-10,15H,3-6H2,1-2H3,(H2,13,14). The number of nitrogen functional groups attached to an aromatic ring is 1. The van der Waals surface area contributed by atoms with Crippen molar-refractivity contribution in [3.8, 4) is 0 Å². The number of anilines is 1. The maximum Gasteiger partial charge on any atom is 0.246 e. The van der Waals surface area contributed by atoms with Gasteiger partial charge in [0.1, 0.15) is 4.90 Å². The monoisotopic (exact) mass is 284 g/mol. The Kier molecular flexibility index (Phi) is 2.86. The summed E-state index contributed by atoms with van der Waals surface area (Å²) < 4.78 is 29.4. The molecule has 0 aromatic carbocycles. The van der Waals surface area contributed by atoms with Crippen molar-refractivity contribution >= 4 is 15.8 Å². The Morgan fingerprint density at radius 1 is 1.32 bits per heavy atom. The molecule has 3 N–H and O–H groups in total. The van der Waals surface area contributed by atoms with Crippen molar-refractivity contribution in [2.24, 2.45) is 18.9 Å². The lowest BCUT2D eigenvalue weighted by atomic mass is 10.1. The summed E-state index contributed by atoms with van der Waals surface area (Å²) in [5, 5.41) is 3.98. The molecule has 2 saturated carbocycles. The van der Waals surface area contributed by atoms with Gasteiger partial charge < -0.3 is 5.73 Å². The Morgan fingerprint density at radius 2 is 1.84 bits per heavy atom. The van der Waals surface area contributed by atoms with Gasteiger partial charge in [0.15, 0.2) is 5.82 Å².